The van der Waals surface area contributed by atoms with Gasteiger partial charge in [-0.15, -0.1) is 0 Å². The van der Waals surface area contributed by atoms with Crippen molar-refractivity contribution in [1.82, 2.24) is 9.29 Å². The van der Waals surface area contributed by atoms with Crippen LogP contribution in [0.5, 0.6) is 0 Å². The third-order valence-electron chi connectivity index (χ3n) is 3.29. The maximum Gasteiger partial charge on any atom is 0.246 e. The van der Waals surface area contributed by atoms with E-state index in [0.717, 1.165) is 19.3 Å². The second-order valence-electron chi connectivity index (χ2n) is 4.94. The summed E-state index contributed by atoms with van der Waals surface area (Å²) >= 11 is 9.18. The van der Waals surface area contributed by atoms with E-state index in [4.69, 9.17) is 16.3 Å². The zero-order chi connectivity index (χ0) is 15.5. The lowest BCUT2D eigenvalue weighted by Crippen LogP contribution is -2.43. The topological polar surface area (TPSA) is 59.5 Å². The molecule has 0 bridgehead atoms. The molecule has 0 saturated carbocycles. The van der Waals surface area contributed by atoms with Crippen molar-refractivity contribution in [2.24, 2.45) is 0 Å². The number of hydrogen-bond acceptors (Lipinski definition) is 4. The highest BCUT2D eigenvalue weighted by molar-refractivity contribution is 9.10. The fourth-order valence-corrected chi connectivity index (χ4v) is 4.70. The van der Waals surface area contributed by atoms with E-state index in [0.29, 0.717) is 24.2 Å². The molecule has 1 aliphatic rings. The Morgan fingerprint density at radius 3 is 3.05 bits per heavy atom. The van der Waals surface area contributed by atoms with Crippen LogP contribution in [-0.2, 0) is 14.8 Å². The predicted molar refractivity (Wildman–Crippen MR) is 85.0 cm³/mol. The standard InChI is InChI=1S/C13H18BrClN2O3S/c1-2-6-20-11-4-3-5-17(9-11)21(18,19)12-7-10(14)8-16-13(12)15/h7-8,11H,2-6,9H2,1H3. The first-order valence-electron chi connectivity index (χ1n) is 6.88. The van der Waals surface area contributed by atoms with E-state index in [9.17, 15) is 8.42 Å². The van der Waals surface area contributed by atoms with Gasteiger partial charge < -0.3 is 4.74 Å². The van der Waals surface area contributed by atoms with Crippen LogP contribution in [-0.4, -0.2) is 43.5 Å². The normalized spacial score (nSPS) is 20.6. The Labute approximate surface area is 138 Å². The van der Waals surface area contributed by atoms with Gasteiger partial charge in [0.15, 0.2) is 0 Å². The number of pyridine rings is 1. The van der Waals surface area contributed by atoms with Gasteiger partial charge in [-0.1, -0.05) is 18.5 Å². The highest BCUT2D eigenvalue weighted by Crippen LogP contribution is 2.28. The van der Waals surface area contributed by atoms with Crippen molar-refractivity contribution in [3.63, 3.8) is 0 Å². The molecular weight excluding hydrogens is 380 g/mol. The minimum atomic E-state index is -3.64. The summed E-state index contributed by atoms with van der Waals surface area (Å²) in [5, 5.41) is -0.00481. The number of aromatic nitrogens is 1. The second-order valence-corrected chi connectivity index (χ2v) is 8.12. The number of ether oxygens (including phenoxy) is 1. The fourth-order valence-electron chi connectivity index (χ4n) is 2.27. The monoisotopic (exact) mass is 396 g/mol. The number of rotatable bonds is 5. The Bertz CT molecular complexity index is 597. The van der Waals surface area contributed by atoms with Gasteiger partial charge in [0, 0.05) is 30.4 Å². The third-order valence-corrected chi connectivity index (χ3v) is 6.02. The van der Waals surface area contributed by atoms with Gasteiger partial charge in [-0.05, 0) is 41.3 Å². The van der Waals surface area contributed by atoms with Crippen molar-refractivity contribution < 1.29 is 13.2 Å². The quantitative estimate of drug-likeness (QED) is 0.716. The Morgan fingerprint density at radius 1 is 1.57 bits per heavy atom. The van der Waals surface area contributed by atoms with Crippen molar-refractivity contribution >= 4 is 37.6 Å². The summed E-state index contributed by atoms with van der Waals surface area (Å²) in [4.78, 5) is 3.93. The lowest BCUT2D eigenvalue weighted by molar-refractivity contribution is 0.0193. The van der Waals surface area contributed by atoms with E-state index in [-0.39, 0.29) is 16.2 Å². The van der Waals surface area contributed by atoms with Crippen molar-refractivity contribution in [2.75, 3.05) is 19.7 Å². The van der Waals surface area contributed by atoms with Gasteiger partial charge in [-0.2, -0.15) is 4.31 Å². The number of piperidine rings is 1. The van der Waals surface area contributed by atoms with E-state index in [1.165, 1.54) is 16.6 Å². The van der Waals surface area contributed by atoms with E-state index in [1.54, 1.807) is 0 Å². The van der Waals surface area contributed by atoms with Crippen molar-refractivity contribution in [2.45, 2.75) is 37.2 Å². The first kappa shape index (κ1) is 17.1. The molecule has 1 saturated heterocycles. The number of halogens is 2. The minimum absolute atomic E-state index is 0.00481. The van der Waals surface area contributed by atoms with Crippen LogP contribution >= 0.6 is 27.5 Å². The van der Waals surface area contributed by atoms with E-state index in [2.05, 4.69) is 20.9 Å². The molecule has 0 aromatic carbocycles. The molecule has 0 spiro atoms. The molecule has 1 atom stereocenters. The smallest absolute Gasteiger partial charge is 0.246 e. The van der Waals surface area contributed by atoms with Crippen LogP contribution in [0.15, 0.2) is 21.6 Å². The summed E-state index contributed by atoms with van der Waals surface area (Å²) in [6.07, 6.45) is 4.02. The third kappa shape index (κ3) is 4.16. The minimum Gasteiger partial charge on any atom is -0.377 e. The van der Waals surface area contributed by atoms with Gasteiger partial charge in [0.05, 0.1) is 6.10 Å². The van der Waals surface area contributed by atoms with Crippen LogP contribution in [0.3, 0.4) is 0 Å². The van der Waals surface area contributed by atoms with Crippen LogP contribution in [0, 0.1) is 0 Å². The largest absolute Gasteiger partial charge is 0.377 e. The molecule has 1 aromatic heterocycles. The molecular formula is C13H18BrClN2O3S. The molecule has 118 valence electrons. The zero-order valence-electron chi connectivity index (χ0n) is 11.8. The Kier molecular flexibility index (Phi) is 6.02. The van der Waals surface area contributed by atoms with Crippen LogP contribution in [0.4, 0.5) is 0 Å². The molecule has 0 N–H and O–H groups in total. The van der Waals surface area contributed by atoms with E-state index < -0.39 is 10.0 Å². The highest BCUT2D eigenvalue weighted by atomic mass is 79.9. The van der Waals surface area contributed by atoms with E-state index >= 15 is 0 Å². The lowest BCUT2D eigenvalue weighted by atomic mass is 10.1. The van der Waals surface area contributed by atoms with Gasteiger partial charge in [0.1, 0.15) is 10.0 Å². The average molecular weight is 398 g/mol. The van der Waals surface area contributed by atoms with Crippen LogP contribution in [0.1, 0.15) is 26.2 Å². The molecule has 1 aliphatic heterocycles. The summed E-state index contributed by atoms with van der Waals surface area (Å²) in [5.41, 5.74) is 0. The van der Waals surface area contributed by atoms with Gasteiger partial charge in [0.25, 0.3) is 0 Å². The molecule has 1 unspecified atom stereocenters. The Morgan fingerprint density at radius 2 is 2.33 bits per heavy atom. The fraction of sp³-hybridized carbons (Fsp3) is 0.615. The Balaban J connectivity index is 2.20. The summed E-state index contributed by atoms with van der Waals surface area (Å²) in [7, 11) is -3.64. The predicted octanol–water partition coefficient (Wildman–Crippen LogP) is 3.08. The van der Waals surface area contributed by atoms with Crippen LogP contribution in [0.2, 0.25) is 5.15 Å². The van der Waals surface area contributed by atoms with Gasteiger partial charge in [0.2, 0.25) is 10.0 Å². The molecule has 0 radical (unpaired) electrons. The maximum absolute atomic E-state index is 12.7. The van der Waals surface area contributed by atoms with Gasteiger partial charge >= 0.3 is 0 Å². The summed E-state index contributed by atoms with van der Waals surface area (Å²) < 4.78 is 33.1. The average Bonchev–Trinajstić information content (AvgIpc) is 2.48. The second kappa shape index (κ2) is 7.37. The summed E-state index contributed by atoms with van der Waals surface area (Å²) in [6.45, 7) is 3.53. The summed E-state index contributed by atoms with van der Waals surface area (Å²) in [5.74, 6) is 0. The molecule has 0 amide bonds. The van der Waals surface area contributed by atoms with Gasteiger partial charge in [-0.3, -0.25) is 0 Å². The van der Waals surface area contributed by atoms with Crippen molar-refractivity contribution in [3.8, 4) is 0 Å². The first-order valence-corrected chi connectivity index (χ1v) is 9.49. The lowest BCUT2D eigenvalue weighted by Gasteiger charge is -2.31. The Hall–Kier alpha value is -0.210. The molecule has 8 heteroatoms. The highest BCUT2D eigenvalue weighted by Gasteiger charge is 2.32. The first-order chi connectivity index (χ1) is 9.95. The summed E-state index contributed by atoms with van der Waals surface area (Å²) in [6, 6.07) is 1.49. The van der Waals surface area contributed by atoms with Gasteiger partial charge in [-0.25, -0.2) is 13.4 Å². The number of nitrogens with zero attached hydrogens (tertiary/aromatic N) is 2. The molecule has 2 rings (SSSR count). The van der Waals surface area contributed by atoms with E-state index in [1.807, 2.05) is 6.92 Å². The molecule has 2 heterocycles. The van der Waals surface area contributed by atoms with Crippen molar-refractivity contribution in [3.05, 3.63) is 21.9 Å². The molecule has 0 aliphatic carbocycles. The maximum atomic E-state index is 12.7. The molecule has 1 fully saturated rings. The SMILES string of the molecule is CCCOC1CCCN(S(=O)(=O)c2cc(Br)cnc2Cl)C1. The van der Waals surface area contributed by atoms with Crippen molar-refractivity contribution in [1.29, 1.82) is 0 Å². The molecule has 1 aromatic rings. The number of hydrogen-bond donors (Lipinski definition) is 0. The van der Waals surface area contributed by atoms with Crippen LogP contribution < -0.4 is 0 Å². The molecule has 21 heavy (non-hydrogen) atoms. The zero-order valence-corrected chi connectivity index (χ0v) is 14.9. The number of sulfonamides is 1. The molecule has 5 nitrogen and oxygen atoms in total. The van der Waals surface area contributed by atoms with Crippen LogP contribution in [0.25, 0.3) is 0 Å².